The van der Waals surface area contributed by atoms with Gasteiger partial charge in [0.25, 0.3) is 0 Å². The molecule has 2 rings (SSSR count). The number of anilines is 1. The van der Waals surface area contributed by atoms with Gasteiger partial charge in [0.05, 0.1) is 4.90 Å². The van der Waals surface area contributed by atoms with E-state index in [0.717, 1.165) is 12.1 Å². The summed E-state index contributed by atoms with van der Waals surface area (Å²) in [6, 6.07) is 10.8. The summed E-state index contributed by atoms with van der Waals surface area (Å²) in [5.41, 5.74) is 0.894. The fraction of sp³-hybridized carbons (Fsp3) is 0.286. The second-order valence-electron chi connectivity index (χ2n) is 4.43. The van der Waals surface area contributed by atoms with E-state index in [1.54, 1.807) is 49.7 Å². The number of sulfonamides is 1. The smallest absolute Gasteiger partial charge is 0.242 e. The molecule has 108 valence electrons. The van der Waals surface area contributed by atoms with Gasteiger partial charge in [0.15, 0.2) is 0 Å². The molecule has 0 atom stereocenters. The van der Waals surface area contributed by atoms with Gasteiger partial charge in [-0.3, -0.25) is 0 Å². The molecule has 0 saturated heterocycles. The molecule has 0 bridgehead atoms. The lowest BCUT2D eigenvalue weighted by atomic mass is 10.3. The molecule has 0 spiro atoms. The third kappa shape index (κ3) is 3.39. The SMILES string of the molecule is CNc1ccc(S(=O)(=O)N(C)CCc2cccs2)cc1. The molecule has 0 aliphatic carbocycles. The van der Waals surface area contributed by atoms with Gasteiger partial charge in [-0.25, -0.2) is 12.7 Å². The van der Waals surface area contributed by atoms with E-state index in [9.17, 15) is 8.42 Å². The van der Waals surface area contributed by atoms with Crippen molar-refractivity contribution in [3.05, 3.63) is 46.7 Å². The van der Waals surface area contributed by atoms with E-state index in [2.05, 4.69) is 5.32 Å². The van der Waals surface area contributed by atoms with Gasteiger partial charge < -0.3 is 5.32 Å². The summed E-state index contributed by atoms with van der Waals surface area (Å²) >= 11 is 1.65. The van der Waals surface area contributed by atoms with Crippen LogP contribution in [0.5, 0.6) is 0 Å². The molecule has 1 heterocycles. The van der Waals surface area contributed by atoms with Crippen LogP contribution in [0.15, 0.2) is 46.7 Å². The quantitative estimate of drug-likeness (QED) is 0.892. The zero-order chi connectivity index (χ0) is 14.6. The van der Waals surface area contributed by atoms with Crippen LogP contribution in [0.25, 0.3) is 0 Å². The lowest BCUT2D eigenvalue weighted by molar-refractivity contribution is 0.473. The van der Waals surface area contributed by atoms with E-state index in [1.807, 2.05) is 17.5 Å². The fourth-order valence-electron chi connectivity index (χ4n) is 1.82. The summed E-state index contributed by atoms with van der Waals surface area (Å²) in [4.78, 5) is 1.52. The van der Waals surface area contributed by atoms with E-state index in [0.29, 0.717) is 11.4 Å². The Morgan fingerprint density at radius 3 is 2.45 bits per heavy atom. The highest BCUT2D eigenvalue weighted by Gasteiger charge is 2.20. The minimum atomic E-state index is -3.41. The van der Waals surface area contributed by atoms with Crippen molar-refractivity contribution >= 4 is 27.0 Å². The van der Waals surface area contributed by atoms with Crippen molar-refractivity contribution in [2.24, 2.45) is 0 Å². The molecule has 0 amide bonds. The number of thiophene rings is 1. The Hall–Kier alpha value is -1.37. The monoisotopic (exact) mass is 310 g/mol. The maximum Gasteiger partial charge on any atom is 0.242 e. The van der Waals surface area contributed by atoms with Gasteiger partial charge in [-0.15, -0.1) is 11.3 Å². The van der Waals surface area contributed by atoms with E-state index in [4.69, 9.17) is 0 Å². The predicted molar refractivity (Wildman–Crippen MR) is 83.8 cm³/mol. The summed E-state index contributed by atoms with van der Waals surface area (Å²) in [5, 5.41) is 4.97. The van der Waals surface area contributed by atoms with Crippen molar-refractivity contribution in [1.82, 2.24) is 4.31 Å². The molecular weight excluding hydrogens is 292 g/mol. The first-order valence-corrected chi connectivity index (χ1v) is 8.62. The van der Waals surface area contributed by atoms with Crippen LogP contribution in [0.1, 0.15) is 4.88 Å². The Morgan fingerprint density at radius 1 is 1.20 bits per heavy atom. The van der Waals surface area contributed by atoms with Crippen LogP contribution in [0.2, 0.25) is 0 Å². The van der Waals surface area contributed by atoms with Crippen LogP contribution in [0, 0.1) is 0 Å². The molecule has 1 aromatic heterocycles. The molecule has 2 aromatic rings. The third-order valence-corrected chi connectivity index (χ3v) is 5.91. The Bertz CT molecular complexity index is 634. The average Bonchev–Trinajstić information content (AvgIpc) is 2.98. The summed E-state index contributed by atoms with van der Waals surface area (Å²) < 4.78 is 26.2. The van der Waals surface area contributed by atoms with E-state index in [1.165, 1.54) is 9.18 Å². The van der Waals surface area contributed by atoms with Gasteiger partial charge in [0.1, 0.15) is 0 Å². The topological polar surface area (TPSA) is 49.4 Å². The number of hydrogen-bond donors (Lipinski definition) is 1. The van der Waals surface area contributed by atoms with Crippen molar-refractivity contribution in [3.63, 3.8) is 0 Å². The first kappa shape index (κ1) is 15.0. The van der Waals surface area contributed by atoms with Gasteiger partial charge in [0, 0.05) is 31.2 Å². The lowest BCUT2D eigenvalue weighted by Gasteiger charge is -2.17. The first-order chi connectivity index (χ1) is 9.54. The van der Waals surface area contributed by atoms with Gasteiger partial charge in [0.2, 0.25) is 10.0 Å². The first-order valence-electron chi connectivity index (χ1n) is 6.30. The van der Waals surface area contributed by atoms with Crippen molar-refractivity contribution in [1.29, 1.82) is 0 Å². The molecule has 0 aliphatic heterocycles. The second-order valence-corrected chi connectivity index (χ2v) is 7.51. The van der Waals surface area contributed by atoms with Crippen LogP contribution in [-0.4, -0.2) is 33.4 Å². The zero-order valence-corrected chi connectivity index (χ0v) is 13.2. The zero-order valence-electron chi connectivity index (χ0n) is 11.5. The van der Waals surface area contributed by atoms with Crippen molar-refractivity contribution in [3.8, 4) is 0 Å². The van der Waals surface area contributed by atoms with Crippen LogP contribution in [0.4, 0.5) is 5.69 Å². The highest BCUT2D eigenvalue weighted by Crippen LogP contribution is 2.18. The Balaban J connectivity index is 2.07. The van der Waals surface area contributed by atoms with Gasteiger partial charge in [-0.2, -0.15) is 0 Å². The third-order valence-electron chi connectivity index (χ3n) is 3.10. The molecule has 0 radical (unpaired) electrons. The Kier molecular flexibility index (Phi) is 4.80. The minimum Gasteiger partial charge on any atom is -0.388 e. The molecule has 0 aliphatic rings. The van der Waals surface area contributed by atoms with Gasteiger partial charge >= 0.3 is 0 Å². The molecule has 1 aromatic carbocycles. The second kappa shape index (κ2) is 6.39. The summed E-state index contributed by atoms with van der Waals surface area (Å²) in [6.07, 6.45) is 0.738. The number of rotatable bonds is 6. The molecule has 0 unspecified atom stereocenters. The number of hydrogen-bond acceptors (Lipinski definition) is 4. The highest BCUT2D eigenvalue weighted by molar-refractivity contribution is 7.89. The number of nitrogens with one attached hydrogen (secondary N) is 1. The summed E-state index contributed by atoms with van der Waals surface area (Å²) in [7, 11) is 0.0152. The lowest BCUT2D eigenvalue weighted by Crippen LogP contribution is -2.28. The van der Waals surface area contributed by atoms with E-state index in [-0.39, 0.29) is 0 Å². The highest BCUT2D eigenvalue weighted by atomic mass is 32.2. The average molecular weight is 310 g/mol. The molecule has 4 nitrogen and oxygen atoms in total. The number of likely N-dealkylation sites (N-methyl/N-ethyl adjacent to an activating group) is 1. The number of nitrogens with zero attached hydrogens (tertiary/aromatic N) is 1. The summed E-state index contributed by atoms with van der Waals surface area (Å²) in [6.45, 7) is 0.483. The Morgan fingerprint density at radius 2 is 1.90 bits per heavy atom. The number of benzene rings is 1. The molecule has 20 heavy (non-hydrogen) atoms. The fourth-order valence-corrected chi connectivity index (χ4v) is 3.69. The van der Waals surface area contributed by atoms with Crippen molar-refractivity contribution in [2.45, 2.75) is 11.3 Å². The Labute approximate surface area is 124 Å². The van der Waals surface area contributed by atoms with Gasteiger partial charge in [-0.05, 0) is 42.1 Å². The molecule has 0 saturated carbocycles. The van der Waals surface area contributed by atoms with E-state index >= 15 is 0 Å². The maximum absolute atomic E-state index is 12.4. The van der Waals surface area contributed by atoms with Crippen molar-refractivity contribution in [2.75, 3.05) is 26.0 Å². The minimum absolute atomic E-state index is 0.324. The maximum atomic E-state index is 12.4. The molecule has 6 heteroatoms. The molecular formula is C14H18N2O2S2. The van der Waals surface area contributed by atoms with Crippen LogP contribution in [0.3, 0.4) is 0 Å². The summed E-state index contributed by atoms with van der Waals surface area (Å²) in [5.74, 6) is 0. The van der Waals surface area contributed by atoms with Crippen LogP contribution in [-0.2, 0) is 16.4 Å². The van der Waals surface area contributed by atoms with Crippen LogP contribution < -0.4 is 5.32 Å². The largest absolute Gasteiger partial charge is 0.388 e. The predicted octanol–water partition coefficient (Wildman–Crippen LogP) is 2.65. The normalized spacial score (nSPS) is 11.8. The van der Waals surface area contributed by atoms with Gasteiger partial charge in [-0.1, -0.05) is 6.07 Å². The molecule has 0 fully saturated rings. The van der Waals surface area contributed by atoms with Crippen LogP contribution >= 0.6 is 11.3 Å². The standard InChI is InChI=1S/C14H18N2O2S2/c1-15-12-5-7-14(8-6-12)20(17,18)16(2)10-9-13-4-3-11-19-13/h3-8,11,15H,9-10H2,1-2H3. The van der Waals surface area contributed by atoms with E-state index < -0.39 is 10.0 Å². The van der Waals surface area contributed by atoms with Crippen molar-refractivity contribution < 1.29 is 8.42 Å². The molecule has 1 N–H and O–H groups in total.